The monoisotopic (exact) mass is 272 g/mol. The predicted molar refractivity (Wildman–Crippen MR) is 65.5 cm³/mol. The normalized spacial score (nSPS) is 18.6. The lowest BCUT2D eigenvalue weighted by Gasteiger charge is -2.34. The second kappa shape index (κ2) is 5.34. The zero-order valence-electron chi connectivity index (χ0n) is 10.0. The molecule has 1 aliphatic heterocycles. The predicted octanol–water partition coefficient (Wildman–Crippen LogP) is 2.86. The summed E-state index contributed by atoms with van der Waals surface area (Å²) in [5, 5.41) is 0.240. The molecule has 98 valence electrons. The molecule has 0 N–H and O–H groups in total. The molecule has 0 aliphatic carbocycles. The molecule has 1 fully saturated rings. The summed E-state index contributed by atoms with van der Waals surface area (Å²) in [5.74, 6) is -0.765. The Bertz CT molecular complexity index is 456. The number of benzene rings is 1. The van der Waals surface area contributed by atoms with Gasteiger partial charge in [0.05, 0.1) is 5.02 Å². The first-order valence-corrected chi connectivity index (χ1v) is 6.09. The fourth-order valence-electron chi connectivity index (χ4n) is 2.14. The van der Waals surface area contributed by atoms with Crippen LogP contribution in [0.5, 0.6) is 0 Å². The minimum absolute atomic E-state index is 0.167. The van der Waals surface area contributed by atoms with Gasteiger partial charge in [0.1, 0.15) is 11.4 Å². The smallest absolute Gasteiger partial charge is 0.196 e. The first kappa shape index (κ1) is 13.5. The number of methoxy groups -OCH3 is 1. The Labute approximate surface area is 110 Å². The third-order valence-corrected chi connectivity index (χ3v) is 3.61. The third kappa shape index (κ3) is 2.41. The summed E-state index contributed by atoms with van der Waals surface area (Å²) in [6.07, 6.45) is 0.907. The summed E-state index contributed by atoms with van der Waals surface area (Å²) >= 11 is 5.95. The number of halogens is 2. The molecule has 0 spiro atoms. The Morgan fingerprint density at radius 1 is 1.44 bits per heavy atom. The highest BCUT2D eigenvalue weighted by atomic mass is 35.5. The first-order valence-electron chi connectivity index (χ1n) is 5.72. The van der Waals surface area contributed by atoms with E-state index in [1.54, 1.807) is 0 Å². The largest absolute Gasteiger partial charge is 0.381 e. The van der Waals surface area contributed by atoms with Gasteiger partial charge < -0.3 is 9.47 Å². The van der Waals surface area contributed by atoms with Crippen LogP contribution >= 0.6 is 11.6 Å². The van der Waals surface area contributed by atoms with Crippen LogP contribution in [0.15, 0.2) is 18.2 Å². The van der Waals surface area contributed by atoms with Crippen molar-refractivity contribution >= 4 is 17.4 Å². The number of carbonyl (C=O) groups is 1. The maximum atomic E-state index is 13.2. The van der Waals surface area contributed by atoms with Crippen molar-refractivity contribution in [3.05, 3.63) is 34.6 Å². The van der Waals surface area contributed by atoms with E-state index in [9.17, 15) is 9.18 Å². The molecule has 0 saturated carbocycles. The summed E-state index contributed by atoms with van der Waals surface area (Å²) in [6.45, 7) is 0.902. The molecule has 1 aliphatic rings. The number of carbonyl (C=O) groups excluding carboxylic acids is 1. The first-order chi connectivity index (χ1) is 8.59. The Hall–Kier alpha value is -0.970. The molecule has 1 saturated heterocycles. The standard InChI is InChI=1S/C13H14ClFO3/c1-17-13(4-6-18-7-5-13)12(16)10-8-9(15)2-3-11(10)14/h2-3,8H,4-7H2,1H3. The van der Waals surface area contributed by atoms with Crippen LogP contribution in [-0.4, -0.2) is 31.7 Å². The van der Waals surface area contributed by atoms with Gasteiger partial charge in [0.15, 0.2) is 5.78 Å². The van der Waals surface area contributed by atoms with Gasteiger partial charge in [0.2, 0.25) is 0 Å². The molecule has 1 aromatic carbocycles. The lowest BCUT2D eigenvalue weighted by Crippen LogP contribution is -2.45. The lowest BCUT2D eigenvalue weighted by atomic mass is 9.85. The fraction of sp³-hybridized carbons (Fsp3) is 0.462. The van der Waals surface area contributed by atoms with Gasteiger partial charge in [0, 0.05) is 38.7 Å². The molecule has 0 bridgehead atoms. The zero-order chi connectivity index (χ0) is 13.2. The summed E-state index contributed by atoms with van der Waals surface area (Å²) in [4.78, 5) is 12.5. The minimum atomic E-state index is -0.949. The highest BCUT2D eigenvalue weighted by Crippen LogP contribution is 2.31. The zero-order valence-corrected chi connectivity index (χ0v) is 10.8. The van der Waals surface area contributed by atoms with Crippen LogP contribution in [0, 0.1) is 5.82 Å². The Morgan fingerprint density at radius 2 is 2.11 bits per heavy atom. The quantitative estimate of drug-likeness (QED) is 0.794. The SMILES string of the molecule is COC1(C(=O)c2cc(F)ccc2Cl)CCOCC1. The van der Waals surface area contributed by atoms with E-state index in [0.29, 0.717) is 26.1 Å². The van der Waals surface area contributed by atoms with Gasteiger partial charge in [-0.25, -0.2) is 4.39 Å². The number of hydrogen-bond acceptors (Lipinski definition) is 3. The molecule has 0 amide bonds. The van der Waals surface area contributed by atoms with Crippen LogP contribution in [0.25, 0.3) is 0 Å². The maximum Gasteiger partial charge on any atom is 0.196 e. The topological polar surface area (TPSA) is 35.5 Å². The van der Waals surface area contributed by atoms with Crippen LogP contribution in [0.4, 0.5) is 4.39 Å². The molecular formula is C13H14ClFO3. The van der Waals surface area contributed by atoms with Crippen LogP contribution in [-0.2, 0) is 9.47 Å². The molecule has 0 aromatic heterocycles. The summed E-state index contributed by atoms with van der Waals surface area (Å²) in [7, 11) is 1.48. The van der Waals surface area contributed by atoms with E-state index in [0.717, 1.165) is 6.07 Å². The molecule has 5 heteroatoms. The molecule has 2 rings (SSSR count). The molecule has 3 nitrogen and oxygen atoms in total. The number of ether oxygens (including phenoxy) is 2. The molecule has 0 unspecified atom stereocenters. The van der Waals surface area contributed by atoms with Gasteiger partial charge in [-0.05, 0) is 18.2 Å². The Balaban J connectivity index is 2.36. The van der Waals surface area contributed by atoms with Gasteiger partial charge in [-0.1, -0.05) is 11.6 Å². The molecular weight excluding hydrogens is 259 g/mol. The second-order valence-corrected chi connectivity index (χ2v) is 4.67. The van der Waals surface area contributed by atoms with Gasteiger partial charge in [-0.3, -0.25) is 4.79 Å². The second-order valence-electron chi connectivity index (χ2n) is 4.26. The summed E-state index contributed by atoms with van der Waals surface area (Å²) < 4.78 is 23.8. The van der Waals surface area contributed by atoms with Gasteiger partial charge in [0.25, 0.3) is 0 Å². The average molecular weight is 273 g/mol. The van der Waals surface area contributed by atoms with E-state index in [-0.39, 0.29) is 16.4 Å². The van der Waals surface area contributed by atoms with E-state index in [4.69, 9.17) is 21.1 Å². The molecule has 0 radical (unpaired) electrons. The van der Waals surface area contributed by atoms with Crippen LogP contribution in [0.2, 0.25) is 5.02 Å². The van der Waals surface area contributed by atoms with Crippen molar-refractivity contribution in [2.45, 2.75) is 18.4 Å². The fourth-order valence-corrected chi connectivity index (χ4v) is 2.35. The van der Waals surface area contributed by atoms with Crippen molar-refractivity contribution in [3.63, 3.8) is 0 Å². The van der Waals surface area contributed by atoms with Crippen LogP contribution < -0.4 is 0 Å². The van der Waals surface area contributed by atoms with Crippen molar-refractivity contribution in [2.75, 3.05) is 20.3 Å². The summed E-state index contributed by atoms with van der Waals surface area (Å²) in [6, 6.07) is 3.76. The number of rotatable bonds is 3. The van der Waals surface area contributed by atoms with Crippen molar-refractivity contribution < 1.29 is 18.7 Å². The van der Waals surface area contributed by atoms with Gasteiger partial charge >= 0.3 is 0 Å². The molecule has 0 atom stereocenters. The van der Waals surface area contributed by atoms with E-state index in [1.165, 1.54) is 19.2 Å². The third-order valence-electron chi connectivity index (χ3n) is 3.28. The van der Waals surface area contributed by atoms with Gasteiger partial charge in [-0.2, -0.15) is 0 Å². The maximum absolute atomic E-state index is 13.2. The molecule has 18 heavy (non-hydrogen) atoms. The number of Topliss-reactive ketones (excluding diaryl/α,β-unsaturated/α-hetero) is 1. The van der Waals surface area contributed by atoms with Crippen molar-refractivity contribution in [1.29, 1.82) is 0 Å². The van der Waals surface area contributed by atoms with Gasteiger partial charge in [-0.15, -0.1) is 0 Å². The highest BCUT2D eigenvalue weighted by molar-refractivity contribution is 6.34. The lowest BCUT2D eigenvalue weighted by molar-refractivity contribution is -0.0663. The van der Waals surface area contributed by atoms with Crippen LogP contribution in [0.3, 0.4) is 0 Å². The minimum Gasteiger partial charge on any atom is -0.381 e. The molecule has 1 aromatic rings. The number of ketones is 1. The van der Waals surface area contributed by atoms with Crippen molar-refractivity contribution in [2.24, 2.45) is 0 Å². The van der Waals surface area contributed by atoms with E-state index in [2.05, 4.69) is 0 Å². The Kier molecular flexibility index (Phi) is 4.00. The highest BCUT2D eigenvalue weighted by Gasteiger charge is 2.41. The molecule has 1 heterocycles. The van der Waals surface area contributed by atoms with Crippen molar-refractivity contribution in [1.82, 2.24) is 0 Å². The van der Waals surface area contributed by atoms with E-state index >= 15 is 0 Å². The summed E-state index contributed by atoms with van der Waals surface area (Å²) in [5.41, 5.74) is -0.782. The average Bonchev–Trinajstić information content (AvgIpc) is 2.41. The number of hydrogen-bond donors (Lipinski definition) is 0. The van der Waals surface area contributed by atoms with E-state index in [1.807, 2.05) is 0 Å². The Morgan fingerprint density at radius 3 is 2.72 bits per heavy atom. The van der Waals surface area contributed by atoms with E-state index < -0.39 is 11.4 Å². The van der Waals surface area contributed by atoms with Crippen molar-refractivity contribution in [3.8, 4) is 0 Å². The van der Waals surface area contributed by atoms with Crippen LogP contribution in [0.1, 0.15) is 23.2 Å².